The zero-order valence-electron chi connectivity index (χ0n) is 9.41. The first-order valence-corrected chi connectivity index (χ1v) is 6.28. The van der Waals surface area contributed by atoms with Crippen molar-refractivity contribution >= 4 is 17.3 Å². The van der Waals surface area contributed by atoms with Crippen molar-refractivity contribution in [2.45, 2.75) is 19.1 Å². The van der Waals surface area contributed by atoms with E-state index in [1.807, 2.05) is 17.5 Å². The first kappa shape index (κ1) is 13.4. The van der Waals surface area contributed by atoms with Gasteiger partial charge in [0.15, 0.2) is 5.41 Å². The summed E-state index contributed by atoms with van der Waals surface area (Å²) in [5, 5.41) is 10.7. The number of halogens is 3. The third-order valence-corrected chi connectivity index (χ3v) is 4.12. The van der Waals surface area contributed by atoms with Gasteiger partial charge in [0, 0.05) is 24.5 Å². The Morgan fingerprint density at radius 3 is 2.72 bits per heavy atom. The summed E-state index contributed by atoms with van der Waals surface area (Å²) in [6.45, 7) is 0.0657. The number of carbonyl (C=O) groups is 1. The fraction of sp³-hybridized carbons (Fsp3) is 0.545. The van der Waals surface area contributed by atoms with E-state index < -0.39 is 24.1 Å². The van der Waals surface area contributed by atoms with Crippen LogP contribution in [0.15, 0.2) is 17.5 Å². The third kappa shape index (κ3) is 2.24. The minimum atomic E-state index is -4.71. The lowest BCUT2D eigenvalue weighted by atomic mass is 9.86. The molecule has 3 nitrogen and oxygen atoms in total. The van der Waals surface area contributed by atoms with Gasteiger partial charge in [-0.25, -0.2) is 0 Å². The van der Waals surface area contributed by atoms with Crippen LogP contribution in [-0.2, 0) is 11.3 Å². The van der Waals surface area contributed by atoms with Gasteiger partial charge in [-0.15, -0.1) is 11.3 Å². The third-order valence-electron chi connectivity index (χ3n) is 3.26. The number of hydrogen-bond donors (Lipinski definition) is 1. The van der Waals surface area contributed by atoms with Gasteiger partial charge in [-0.1, -0.05) is 6.07 Å². The molecule has 0 spiro atoms. The number of alkyl halides is 3. The fourth-order valence-electron chi connectivity index (χ4n) is 2.17. The second-order valence-corrected chi connectivity index (χ2v) is 5.46. The lowest BCUT2D eigenvalue weighted by Crippen LogP contribution is -2.47. The molecule has 1 aliphatic rings. The first-order chi connectivity index (χ1) is 8.35. The molecule has 2 rings (SSSR count). The van der Waals surface area contributed by atoms with E-state index in [2.05, 4.69) is 0 Å². The number of carboxylic acids is 1. The molecule has 18 heavy (non-hydrogen) atoms. The minimum absolute atomic E-state index is 0.156. The minimum Gasteiger partial charge on any atom is -0.481 e. The van der Waals surface area contributed by atoms with Crippen LogP contribution in [0, 0.1) is 5.41 Å². The second-order valence-electron chi connectivity index (χ2n) is 4.43. The van der Waals surface area contributed by atoms with E-state index in [0.29, 0.717) is 6.54 Å². The average molecular weight is 279 g/mol. The number of hydrogen-bond acceptors (Lipinski definition) is 3. The Bertz CT molecular complexity index is 432. The smallest absolute Gasteiger partial charge is 0.406 e. The maximum atomic E-state index is 12.9. The van der Waals surface area contributed by atoms with Crippen molar-refractivity contribution in [1.29, 1.82) is 0 Å². The molecule has 0 amide bonds. The number of nitrogens with zero attached hydrogens (tertiary/aromatic N) is 1. The molecule has 0 saturated carbocycles. The topological polar surface area (TPSA) is 40.5 Å². The van der Waals surface area contributed by atoms with E-state index in [1.54, 1.807) is 4.90 Å². The first-order valence-electron chi connectivity index (χ1n) is 5.40. The summed E-state index contributed by atoms with van der Waals surface area (Å²) in [7, 11) is 0. The van der Waals surface area contributed by atoms with E-state index >= 15 is 0 Å². The van der Waals surface area contributed by atoms with Crippen LogP contribution in [0.25, 0.3) is 0 Å². The van der Waals surface area contributed by atoms with E-state index in [9.17, 15) is 18.0 Å². The van der Waals surface area contributed by atoms with Crippen molar-refractivity contribution in [3.05, 3.63) is 22.4 Å². The maximum absolute atomic E-state index is 12.9. The molecule has 1 fully saturated rings. The Labute approximate surface area is 106 Å². The molecule has 1 aliphatic heterocycles. The van der Waals surface area contributed by atoms with Crippen LogP contribution in [0.4, 0.5) is 13.2 Å². The zero-order chi connectivity index (χ0) is 13.4. The molecule has 0 radical (unpaired) electrons. The van der Waals surface area contributed by atoms with Crippen LogP contribution in [-0.4, -0.2) is 35.2 Å². The van der Waals surface area contributed by atoms with Crippen molar-refractivity contribution in [3.63, 3.8) is 0 Å². The molecule has 1 unspecified atom stereocenters. The average Bonchev–Trinajstić information content (AvgIpc) is 2.86. The van der Waals surface area contributed by atoms with Gasteiger partial charge >= 0.3 is 12.1 Å². The molecule has 7 heteroatoms. The van der Waals surface area contributed by atoms with Crippen molar-refractivity contribution in [1.82, 2.24) is 4.90 Å². The Morgan fingerprint density at radius 2 is 2.28 bits per heavy atom. The summed E-state index contributed by atoms with van der Waals surface area (Å²) >= 11 is 1.46. The van der Waals surface area contributed by atoms with E-state index in [4.69, 9.17) is 5.11 Å². The Morgan fingerprint density at radius 1 is 1.56 bits per heavy atom. The molecule has 0 aliphatic carbocycles. The highest BCUT2D eigenvalue weighted by atomic mass is 32.1. The van der Waals surface area contributed by atoms with Gasteiger partial charge in [-0.2, -0.15) is 13.2 Å². The van der Waals surface area contributed by atoms with Gasteiger partial charge < -0.3 is 5.11 Å². The van der Waals surface area contributed by atoms with Gasteiger partial charge in [0.05, 0.1) is 0 Å². The molecule has 1 saturated heterocycles. The Kier molecular flexibility index (Phi) is 3.37. The van der Waals surface area contributed by atoms with Crippen molar-refractivity contribution in [3.8, 4) is 0 Å². The number of likely N-dealkylation sites (tertiary alicyclic amines) is 1. The lowest BCUT2D eigenvalue weighted by molar-refractivity contribution is -0.227. The van der Waals surface area contributed by atoms with Crippen LogP contribution < -0.4 is 0 Å². The van der Waals surface area contributed by atoms with Gasteiger partial charge in [-0.3, -0.25) is 9.69 Å². The lowest BCUT2D eigenvalue weighted by Gasteiger charge is -2.27. The Balaban J connectivity index is 2.12. The predicted octanol–water partition coefficient (Wildman–Crippen LogP) is 2.59. The van der Waals surface area contributed by atoms with Gasteiger partial charge in [0.25, 0.3) is 0 Å². The van der Waals surface area contributed by atoms with Crippen LogP contribution in [0.5, 0.6) is 0 Å². The summed E-state index contributed by atoms with van der Waals surface area (Å²) in [5.41, 5.74) is -2.61. The second kappa shape index (κ2) is 4.55. The summed E-state index contributed by atoms with van der Waals surface area (Å²) in [6, 6.07) is 3.66. The number of thiophene rings is 1. The highest BCUT2D eigenvalue weighted by molar-refractivity contribution is 7.09. The number of rotatable bonds is 3. The zero-order valence-corrected chi connectivity index (χ0v) is 10.2. The summed E-state index contributed by atoms with van der Waals surface area (Å²) in [4.78, 5) is 13.5. The molecule has 0 aromatic carbocycles. The molecule has 1 atom stereocenters. The monoisotopic (exact) mass is 279 g/mol. The predicted molar refractivity (Wildman–Crippen MR) is 60.3 cm³/mol. The molecule has 1 aromatic rings. The van der Waals surface area contributed by atoms with Gasteiger partial charge in [0.1, 0.15) is 0 Å². The molecule has 1 aromatic heterocycles. The summed E-state index contributed by atoms with van der Waals surface area (Å²) < 4.78 is 38.7. The van der Waals surface area contributed by atoms with Crippen LogP contribution in [0.2, 0.25) is 0 Å². The summed E-state index contributed by atoms with van der Waals surface area (Å²) in [6.07, 6.45) is -5.08. The number of aliphatic carboxylic acids is 1. The van der Waals surface area contributed by atoms with Gasteiger partial charge in [0.2, 0.25) is 0 Å². The van der Waals surface area contributed by atoms with Crippen LogP contribution >= 0.6 is 11.3 Å². The van der Waals surface area contributed by atoms with E-state index in [-0.39, 0.29) is 13.0 Å². The van der Waals surface area contributed by atoms with Gasteiger partial charge in [-0.05, 0) is 17.9 Å². The normalized spacial score (nSPS) is 25.5. The van der Waals surface area contributed by atoms with Crippen molar-refractivity contribution < 1.29 is 23.1 Å². The van der Waals surface area contributed by atoms with Crippen molar-refractivity contribution in [2.24, 2.45) is 5.41 Å². The fourth-order valence-corrected chi connectivity index (χ4v) is 2.92. The highest BCUT2D eigenvalue weighted by Crippen LogP contribution is 2.46. The molecule has 100 valence electrons. The maximum Gasteiger partial charge on any atom is 0.406 e. The molecule has 0 bridgehead atoms. The molecule has 2 heterocycles. The molecular weight excluding hydrogens is 267 g/mol. The van der Waals surface area contributed by atoms with E-state index in [0.717, 1.165) is 4.88 Å². The Hall–Kier alpha value is -1.08. The highest BCUT2D eigenvalue weighted by Gasteiger charge is 2.63. The van der Waals surface area contributed by atoms with Crippen LogP contribution in [0.3, 0.4) is 0 Å². The number of carboxylic acid groups (broad SMARTS) is 1. The largest absolute Gasteiger partial charge is 0.481 e. The van der Waals surface area contributed by atoms with E-state index in [1.165, 1.54) is 11.3 Å². The van der Waals surface area contributed by atoms with Crippen LogP contribution in [0.1, 0.15) is 11.3 Å². The quantitative estimate of drug-likeness (QED) is 0.924. The van der Waals surface area contributed by atoms with Crippen molar-refractivity contribution in [2.75, 3.05) is 13.1 Å². The SMILES string of the molecule is O=C(O)C1(C(F)(F)F)CCN(Cc2cccs2)C1. The molecular formula is C11H12F3NO2S. The standard InChI is InChI=1S/C11H12F3NO2S/c12-11(13,14)10(9(16)17)3-4-15(7-10)6-8-2-1-5-18-8/h1-2,5H,3-4,6-7H2,(H,16,17). The molecule has 1 N–H and O–H groups in total. The summed E-state index contributed by atoms with van der Waals surface area (Å²) in [5.74, 6) is -1.77.